The van der Waals surface area contributed by atoms with Crippen molar-refractivity contribution >= 4 is 12.6 Å². The molecule has 0 aliphatic carbocycles. The molecule has 0 aliphatic rings. The fourth-order valence-corrected chi connectivity index (χ4v) is 0.618. The van der Waals surface area contributed by atoms with Crippen molar-refractivity contribution in [3.8, 4) is 0 Å². The maximum absolute atomic E-state index is 12.1. The van der Waals surface area contributed by atoms with Crippen molar-refractivity contribution in [2.75, 3.05) is 19.0 Å². The molecule has 0 heterocycles. The van der Waals surface area contributed by atoms with E-state index in [9.17, 15) is 17.6 Å². The van der Waals surface area contributed by atoms with E-state index in [2.05, 4.69) is 17.4 Å². The minimum absolute atomic E-state index is 0.108. The van der Waals surface area contributed by atoms with E-state index in [1.807, 2.05) is 0 Å². The molecule has 0 amide bonds. The first-order valence-corrected chi connectivity index (χ1v) is 4.13. The summed E-state index contributed by atoms with van der Waals surface area (Å²) in [6, 6.07) is 0. The van der Waals surface area contributed by atoms with Crippen molar-refractivity contribution in [3.05, 3.63) is 12.2 Å². The Balaban J connectivity index is 3.58. The number of halogens is 4. The topological polar surface area (TPSA) is 9.23 Å². The molecule has 0 aromatic rings. The van der Waals surface area contributed by atoms with E-state index in [-0.39, 0.29) is 6.61 Å². The van der Waals surface area contributed by atoms with Crippen molar-refractivity contribution in [2.24, 2.45) is 0 Å². The molecule has 0 N–H and O–H groups in total. The normalized spacial score (nSPS) is 13.1. The summed E-state index contributed by atoms with van der Waals surface area (Å²) in [5, 5.41) is 0. The summed E-state index contributed by atoms with van der Waals surface area (Å²) < 4.78 is 51.6. The first-order valence-electron chi connectivity index (χ1n) is 3.50. The zero-order chi connectivity index (χ0) is 10.3. The van der Waals surface area contributed by atoms with Crippen LogP contribution in [0.15, 0.2) is 12.2 Å². The van der Waals surface area contributed by atoms with Gasteiger partial charge < -0.3 is 4.74 Å². The molecule has 0 aliphatic heterocycles. The Kier molecular flexibility index (Phi) is 6.15. The van der Waals surface area contributed by atoms with Crippen molar-refractivity contribution in [3.63, 3.8) is 0 Å². The molecule has 0 saturated heterocycles. The molecule has 0 atom stereocenters. The molecule has 0 unspecified atom stereocenters. The van der Waals surface area contributed by atoms with Gasteiger partial charge in [-0.25, -0.2) is 8.78 Å². The molecule has 13 heavy (non-hydrogen) atoms. The third kappa shape index (κ3) is 5.93. The lowest BCUT2D eigenvalue weighted by atomic mass is 10.4. The van der Waals surface area contributed by atoms with E-state index < -0.39 is 19.0 Å². The molecule has 6 heteroatoms. The molecular weight excluding hydrogens is 208 g/mol. The van der Waals surface area contributed by atoms with Crippen molar-refractivity contribution in [1.82, 2.24) is 0 Å². The second-order valence-electron chi connectivity index (χ2n) is 2.23. The predicted octanol–water partition coefficient (Wildman–Crippen LogP) is 2.39. The number of ether oxygens (including phenoxy) is 1. The maximum Gasteiger partial charge on any atom is 0.330 e. The summed E-state index contributed by atoms with van der Waals surface area (Å²) in [7, 11) is 0. The molecular formula is C7H10F4OS. The summed E-state index contributed by atoms with van der Waals surface area (Å²) in [5.74, 6) is -3.61. The Labute approximate surface area is 79.2 Å². The SMILES string of the molecule is FC(F)C(F)(F)COCC=CCS. The Bertz CT molecular complexity index is 161. The van der Waals surface area contributed by atoms with Crippen LogP contribution in [0.3, 0.4) is 0 Å². The highest BCUT2D eigenvalue weighted by molar-refractivity contribution is 7.80. The van der Waals surface area contributed by atoms with Gasteiger partial charge in [0.15, 0.2) is 0 Å². The van der Waals surface area contributed by atoms with Crippen LogP contribution >= 0.6 is 12.6 Å². The zero-order valence-corrected chi connectivity index (χ0v) is 7.62. The average Bonchev–Trinajstić information content (AvgIpc) is 2.03. The van der Waals surface area contributed by atoms with Gasteiger partial charge in [0.2, 0.25) is 0 Å². The molecule has 0 spiro atoms. The van der Waals surface area contributed by atoms with Crippen molar-refractivity contribution in [1.29, 1.82) is 0 Å². The Hall–Kier alpha value is -0.230. The van der Waals surface area contributed by atoms with Crippen LogP contribution in [0.2, 0.25) is 0 Å². The molecule has 1 nitrogen and oxygen atoms in total. The Morgan fingerprint density at radius 1 is 1.31 bits per heavy atom. The van der Waals surface area contributed by atoms with E-state index in [1.54, 1.807) is 6.08 Å². The standard InChI is InChI=1S/C7H10F4OS/c8-6(9)7(10,11)5-12-3-1-2-4-13/h1-2,6,13H,3-5H2. The number of hydrogen-bond donors (Lipinski definition) is 1. The van der Waals surface area contributed by atoms with Crippen molar-refractivity contribution < 1.29 is 22.3 Å². The zero-order valence-electron chi connectivity index (χ0n) is 6.72. The Morgan fingerprint density at radius 3 is 2.38 bits per heavy atom. The van der Waals surface area contributed by atoms with Crippen LogP contribution in [-0.4, -0.2) is 31.3 Å². The number of hydrogen-bond acceptors (Lipinski definition) is 2. The maximum atomic E-state index is 12.1. The Morgan fingerprint density at radius 2 is 1.92 bits per heavy atom. The van der Waals surface area contributed by atoms with Gasteiger partial charge in [-0.05, 0) is 0 Å². The number of thiol groups is 1. The van der Waals surface area contributed by atoms with Crippen LogP contribution < -0.4 is 0 Å². The molecule has 0 radical (unpaired) electrons. The fourth-order valence-electron chi connectivity index (χ4n) is 0.469. The van der Waals surface area contributed by atoms with E-state index in [0.29, 0.717) is 5.75 Å². The third-order valence-electron chi connectivity index (χ3n) is 1.10. The number of alkyl halides is 4. The summed E-state index contributed by atoms with van der Waals surface area (Å²) in [5.41, 5.74) is 0. The van der Waals surface area contributed by atoms with Gasteiger partial charge in [0.1, 0.15) is 6.61 Å². The van der Waals surface area contributed by atoms with Crippen LogP contribution in [0.4, 0.5) is 17.6 Å². The van der Waals surface area contributed by atoms with E-state index in [0.717, 1.165) is 0 Å². The second-order valence-corrected chi connectivity index (χ2v) is 2.60. The van der Waals surface area contributed by atoms with Gasteiger partial charge in [-0.2, -0.15) is 21.4 Å². The predicted molar refractivity (Wildman–Crippen MR) is 44.8 cm³/mol. The molecule has 0 rings (SSSR count). The van der Waals surface area contributed by atoms with Gasteiger partial charge in [-0.1, -0.05) is 12.2 Å². The van der Waals surface area contributed by atoms with Gasteiger partial charge in [0, 0.05) is 5.75 Å². The van der Waals surface area contributed by atoms with Gasteiger partial charge in [-0.15, -0.1) is 0 Å². The smallest absolute Gasteiger partial charge is 0.330 e. The van der Waals surface area contributed by atoms with Crippen molar-refractivity contribution in [2.45, 2.75) is 12.3 Å². The molecule has 0 aromatic carbocycles. The van der Waals surface area contributed by atoms with Crippen LogP contribution in [0.5, 0.6) is 0 Å². The van der Waals surface area contributed by atoms with Gasteiger partial charge in [-0.3, -0.25) is 0 Å². The minimum atomic E-state index is -4.06. The molecule has 0 bridgehead atoms. The summed E-state index contributed by atoms with van der Waals surface area (Å²) >= 11 is 3.80. The van der Waals surface area contributed by atoms with Gasteiger partial charge >= 0.3 is 12.3 Å². The quantitative estimate of drug-likeness (QED) is 0.312. The summed E-state index contributed by atoms with van der Waals surface area (Å²) in [4.78, 5) is 0. The first kappa shape index (κ1) is 12.8. The lowest BCUT2D eigenvalue weighted by molar-refractivity contribution is -0.163. The molecule has 0 saturated carbocycles. The van der Waals surface area contributed by atoms with Crippen LogP contribution in [0, 0.1) is 0 Å². The fraction of sp³-hybridized carbons (Fsp3) is 0.714. The third-order valence-corrected chi connectivity index (χ3v) is 1.31. The lowest BCUT2D eigenvalue weighted by Crippen LogP contribution is -2.32. The average molecular weight is 218 g/mol. The summed E-state index contributed by atoms with van der Waals surface area (Å²) in [6.07, 6.45) is -0.667. The summed E-state index contributed by atoms with van der Waals surface area (Å²) in [6.45, 7) is -1.37. The largest absolute Gasteiger partial charge is 0.371 e. The molecule has 78 valence electrons. The second kappa shape index (κ2) is 6.26. The van der Waals surface area contributed by atoms with E-state index in [1.165, 1.54) is 6.08 Å². The highest BCUT2D eigenvalue weighted by atomic mass is 32.1. The minimum Gasteiger partial charge on any atom is -0.371 e. The van der Waals surface area contributed by atoms with Gasteiger partial charge in [0.05, 0.1) is 6.61 Å². The lowest BCUT2D eigenvalue weighted by Gasteiger charge is -2.14. The highest BCUT2D eigenvalue weighted by Gasteiger charge is 2.40. The molecule has 0 aromatic heterocycles. The van der Waals surface area contributed by atoms with E-state index in [4.69, 9.17) is 0 Å². The first-order chi connectivity index (χ1) is 6.00. The monoisotopic (exact) mass is 218 g/mol. The van der Waals surface area contributed by atoms with Crippen LogP contribution in [0.25, 0.3) is 0 Å². The van der Waals surface area contributed by atoms with Gasteiger partial charge in [0.25, 0.3) is 0 Å². The van der Waals surface area contributed by atoms with E-state index >= 15 is 0 Å². The van der Waals surface area contributed by atoms with Crippen LogP contribution in [-0.2, 0) is 4.74 Å². The number of rotatable bonds is 6. The van der Waals surface area contributed by atoms with Crippen LogP contribution in [0.1, 0.15) is 0 Å². The molecule has 0 fully saturated rings. The highest BCUT2D eigenvalue weighted by Crippen LogP contribution is 2.22.